The minimum atomic E-state index is 0.409. The second-order valence-electron chi connectivity index (χ2n) is 6.09. The monoisotopic (exact) mass is 256 g/mol. The van der Waals surface area contributed by atoms with Crippen LogP contribution in [0.25, 0.3) is 0 Å². The van der Waals surface area contributed by atoms with Crippen molar-refractivity contribution in [1.29, 1.82) is 0 Å². The van der Waals surface area contributed by atoms with Gasteiger partial charge < -0.3 is 5.32 Å². The first kappa shape index (κ1) is 13.7. The summed E-state index contributed by atoms with van der Waals surface area (Å²) in [6.07, 6.45) is 7.83. The molecule has 0 aromatic rings. The third-order valence-electron chi connectivity index (χ3n) is 4.48. The van der Waals surface area contributed by atoms with E-state index < -0.39 is 0 Å². The molecule has 1 heterocycles. The van der Waals surface area contributed by atoms with Crippen molar-refractivity contribution in [1.82, 2.24) is 10.2 Å². The zero-order chi connectivity index (χ0) is 12.3. The number of nitrogens with one attached hydrogen (secondary N) is 1. The van der Waals surface area contributed by atoms with E-state index in [-0.39, 0.29) is 0 Å². The Hall–Kier alpha value is 0.270. The topological polar surface area (TPSA) is 15.3 Å². The summed E-state index contributed by atoms with van der Waals surface area (Å²) in [5.41, 5.74) is 0.409. The standard InChI is InChI=1S/C14H28N2S/c1-12-10-15-14(2,13-6-7-13)11-16(12)8-4-5-9-17-3/h12-13,15H,4-11H2,1-3H3. The highest BCUT2D eigenvalue weighted by Gasteiger charge is 2.44. The van der Waals surface area contributed by atoms with Gasteiger partial charge in [0.25, 0.3) is 0 Å². The fraction of sp³-hybridized carbons (Fsp3) is 1.00. The van der Waals surface area contributed by atoms with Gasteiger partial charge >= 0.3 is 0 Å². The highest BCUT2D eigenvalue weighted by Crippen LogP contribution is 2.41. The Morgan fingerprint density at radius 2 is 2.12 bits per heavy atom. The molecule has 0 amide bonds. The predicted octanol–water partition coefficient (Wildman–Crippen LogP) is 2.59. The maximum Gasteiger partial charge on any atom is 0.0309 e. The summed E-state index contributed by atoms with van der Waals surface area (Å²) in [5, 5.41) is 3.79. The summed E-state index contributed by atoms with van der Waals surface area (Å²) >= 11 is 1.97. The molecular weight excluding hydrogens is 228 g/mol. The average Bonchev–Trinajstić information content (AvgIpc) is 3.13. The Bertz CT molecular complexity index is 242. The molecule has 2 fully saturated rings. The number of hydrogen-bond acceptors (Lipinski definition) is 3. The van der Waals surface area contributed by atoms with E-state index in [0.29, 0.717) is 5.54 Å². The molecule has 0 aromatic carbocycles. The maximum absolute atomic E-state index is 3.79. The number of rotatable bonds is 6. The Morgan fingerprint density at radius 1 is 1.35 bits per heavy atom. The van der Waals surface area contributed by atoms with E-state index in [2.05, 4.69) is 30.3 Å². The molecule has 0 aromatic heterocycles. The predicted molar refractivity (Wildman–Crippen MR) is 77.8 cm³/mol. The number of hydrogen-bond donors (Lipinski definition) is 1. The SMILES string of the molecule is CSCCCCN1CC(C)(C2CC2)NCC1C. The van der Waals surface area contributed by atoms with E-state index in [4.69, 9.17) is 0 Å². The molecule has 2 atom stereocenters. The number of nitrogens with zero attached hydrogens (tertiary/aromatic N) is 1. The van der Waals surface area contributed by atoms with E-state index in [0.717, 1.165) is 12.0 Å². The molecule has 0 spiro atoms. The number of piperazine rings is 1. The van der Waals surface area contributed by atoms with Crippen molar-refractivity contribution in [3.8, 4) is 0 Å². The van der Waals surface area contributed by atoms with Crippen LogP contribution in [0.15, 0.2) is 0 Å². The van der Waals surface area contributed by atoms with Crippen molar-refractivity contribution in [3.05, 3.63) is 0 Å². The Kier molecular flexibility index (Phi) is 4.79. The molecule has 2 unspecified atom stereocenters. The molecular formula is C14H28N2S. The van der Waals surface area contributed by atoms with Gasteiger partial charge in [-0.1, -0.05) is 0 Å². The molecule has 2 nitrogen and oxygen atoms in total. The third kappa shape index (κ3) is 3.62. The minimum absolute atomic E-state index is 0.409. The molecule has 100 valence electrons. The van der Waals surface area contributed by atoms with E-state index in [1.54, 1.807) is 0 Å². The zero-order valence-corrected chi connectivity index (χ0v) is 12.5. The molecule has 17 heavy (non-hydrogen) atoms. The van der Waals surface area contributed by atoms with Crippen molar-refractivity contribution in [2.45, 2.75) is 51.1 Å². The van der Waals surface area contributed by atoms with Crippen molar-refractivity contribution in [2.75, 3.05) is 31.6 Å². The molecule has 1 aliphatic carbocycles. The molecule has 0 radical (unpaired) electrons. The van der Waals surface area contributed by atoms with Gasteiger partial charge in [0.05, 0.1) is 0 Å². The largest absolute Gasteiger partial charge is 0.308 e. The molecule has 1 saturated carbocycles. The summed E-state index contributed by atoms with van der Waals surface area (Å²) in [6, 6.07) is 0.719. The maximum atomic E-state index is 3.79. The second kappa shape index (κ2) is 5.94. The van der Waals surface area contributed by atoms with Crippen LogP contribution < -0.4 is 5.32 Å². The van der Waals surface area contributed by atoms with Crippen LogP contribution in [-0.2, 0) is 0 Å². The van der Waals surface area contributed by atoms with E-state index in [1.165, 1.54) is 51.1 Å². The zero-order valence-electron chi connectivity index (χ0n) is 11.7. The fourth-order valence-electron chi connectivity index (χ4n) is 3.00. The van der Waals surface area contributed by atoms with E-state index in [9.17, 15) is 0 Å². The smallest absolute Gasteiger partial charge is 0.0309 e. The first-order valence-electron chi connectivity index (χ1n) is 7.14. The summed E-state index contributed by atoms with van der Waals surface area (Å²) in [7, 11) is 0. The van der Waals surface area contributed by atoms with Crippen LogP contribution in [0.1, 0.15) is 39.5 Å². The summed E-state index contributed by atoms with van der Waals surface area (Å²) in [5.74, 6) is 2.27. The lowest BCUT2D eigenvalue weighted by molar-refractivity contribution is 0.0823. The molecule has 3 heteroatoms. The Morgan fingerprint density at radius 3 is 2.76 bits per heavy atom. The van der Waals surface area contributed by atoms with Crippen LogP contribution in [-0.4, -0.2) is 48.1 Å². The van der Waals surface area contributed by atoms with Gasteiger partial charge in [-0.2, -0.15) is 11.8 Å². The molecule has 2 aliphatic rings. The lowest BCUT2D eigenvalue weighted by Gasteiger charge is -2.45. The number of unbranched alkanes of at least 4 members (excludes halogenated alkanes) is 1. The first-order valence-corrected chi connectivity index (χ1v) is 8.53. The van der Waals surface area contributed by atoms with Gasteiger partial charge in [0.2, 0.25) is 0 Å². The molecule has 1 aliphatic heterocycles. The van der Waals surface area contributed by atoms with Crippen LogP contribution in [0.2, 0.25) is 0 Å². The lowest BCUT2D eigenvalue weighted by atomic mass is 9.91. The molecule has 0 bridgehead atoms. The third-order valence-corrected chi connectivity index (χ3v) is 5.18. The van der Waals surface area contributed by atoms with Crippen LogP contribution >= 0.6 is 11.8 Å². The molecule has 1 saturated heterocycles. The van der Waals surface area contributed by atoms with Gasteiger partial charge in [0, 0.05) is 24.7 Å². The van der Waals surface area contributed by atoms with Crippen LogP contribution in [0.5, 0.6) is 0 Å². The average molecular weight is 256 g/mol. The van der Waals surface area contributed by atoms with Gasteiger partial charge in [-0.3, -0.25) is 4.90 Å². The van der Waals surface area contributed by atoms with Crippen LogP contribution in [0.3, 0.4) is 0 Å². The second-order valence-corrected chi connectivity index (χ2v) is 7.08. The van der Waals surface area contributed by atoms with Gasteiger partial charge in [-0.25, -0.2) is 0 Å². The van der Waals surface area contributed by atoms with Crippen molar-refractivity contribution < 1.29 is 0 Å². The quantitative estimate of drug-likeness (QED) is 0.735. The Balaban J connectivity index is 1.78. The highest BCUT2D eigenvalue weighted by atomic mass is 32.2. The lowest BCUT2D eigenvalue weighted by Crippen LogP contribution is -2.63. The van der Waals surface area contributed by atoms with E-state index >= 15 is 0 Å². The Labute approximate surface area is 111 Å². The minimum Gasteiger partial charge on any atom is -0.308 e. The van der Waals surface area contributed by atoms with Crippen molar-refractivity contribution in [3.63, 3.8) is 0 Å². The fourth-order valence-corrected chi connectivity index (χ4v) is 3.49. The van der Waals surface area contributed by atoms with E-state index in [1.807, 2.05) is 11.8 Å². The van der Waals surface area contributed by atoms with Crippen molar-refractivity contribution in [2.24, 2.45) is 5.92 Å². The molecule has 2 rings (SSSR count). The van der Waals surface area contributed by atoms with Gasteiger partial charge in [-0.15, -0.1) is 0 Å². The van der Waals surface area contributed by atoms with Gasteiger partial charge in [0.15, 0.2) is 0 Å². The normalized spacial score (nSPS) is 35.1. The summed E-state index contributed by atoms with van der Waals surface area (Å²) < 4.78 is 0. The summed E-state index contributed by atoms with van der Waals surface area (Å²) in [6.45, 7) is 8.54. The highest BCUT2D eigenvalue weighted by molar-refractivity contribution is 7.98. The first-order chi connectivity index (χ1) is 8.15. The van der Waals surface area contributed by atoms with Crippen LogP contribution in [0.4, 0.5) is 0 Å². The summed E-state index contributed by atoms with van der Waals surface area (Å²) in [4.78, 5) is 2.72. The van der Waals surface area contributed by atoms with Crippen molar-refractivity contribution >= 4 is 11.8 Å². The van der Waals surface area contributed by atoms with Crippen LogP contribution in [0, 0.1) is 5.92 Å². The number of thioether (sulfide) groups is 1. The van der Waals surface area contributed by atoms with Gasteiger partial charge in [0.1, 0.15) is 0 Å². The molecule has 1 N–H and O–H groups in total. The van der Waals surface area contributed by atoms with Gasteiger partial charge in [-0.05, 0) is 64.0 Å².